The molecule has 2 amide bonds. The van der Waals surface area contributed by atoms with E-state index in [1.165, 1.54) is 70.6 Å². The van der Waals surface area contributed by atoms with Crippen molar-refractivity contribution in [1.29, 1.82) is 0 Å². The van der Waals surface area contributed by atoms with Crippen LogP contribution in [0.5, 0.6) is 0 Å². The molecule has 0 aliphatic carbocycles. The summed E-state index contributed by atoms with van der Waals surface area (Å²) in [6, 6.07) is 6.26. The molecule has 1 fully saturated rings. The van der Waals surface area contributed by atoms with Crippen LogP contribution in [-0.2, 0) is 59.0 Å². The van der Waals surface area contributed by atoms with Gasteiger partial charge in [-0.2, -0.15) is 0 Å². The number of hydrogen-bond donors (Lipinski definition) is 4. The zero-order valence-corrected chi connectivity index (χ0v) is 56.1. The van der Waals surface area contributed by atoms with E-state index in [4.69, 9.17) is 63.2 Å². The van der Waals surface area contributed by atoms with E-state index in [-0.39, 0.29) is 51.1 Å². The molecule has 1 saturated heterocycles. The van der Waals surface area contributed by atoms with Crippen LogP contribution in [0.2, 0.25) is 0 Å². The minimum Gasteiger partial charge on any atom is -0.462 e. The molecule has 2 rings (SSSR count). The van der Waals surface area contributed by atoms with E-state index in [2.05, 4.69) is 38.3 Å². The number of nitrogens with one attached hydrogen (secondary N) is 2. The van der Waals surface area contributed by atoms with Gasteiger partial charge in [-0.05, 0) is 56.9 Å². The second-order valence-corrected chi connectivity index (χ2v) is 26.6. The van der Waals surface area contributed by atoms with Gasteiger partial charge in [-0.25, -0.2) is 9.59 Å². The lowest BCUT2D eigenvalue weighted by Crippen LogP contribution is -2.65. The van der Waals surface area contributed by atoms with Gasteiger partial charge in [0, 0.05) is 12.8 Å². The molecule has 0 saturated carbocycles. The summed E-state index contributed by atoms with van der Waals surface area (Å²) in [6.07, 6.45) is 25.5. The van der Waals surface area contributed by atoms with Crippen LogP contribution < -0.4 is 10.6 Å². The second-order valence-electron chi connectivity index (χ2n) is 24.1. The van der Waals surface area contributed by atoms with Crippen LogP contribution in [0, 0.1) is 0 Å². The van der Waals surface area contributed by atoms with E-state index >= 15 is 0 Å². The highest BCUT2D eigenvalue weighted by Gasteiger charge is 2.49. The number of esters is 4. The van der Waals surface area contributed by atoms with E-state index in [1.807, 2.05) is 6.07 Å². The Morgan fingerprint density at radius 2 is 0.989 bits per heavy atom. The molecule has 1 aromatic rings. The zero-order chi connectivity index (χ0) is 63.8. The molecule has 1 heterocycles. The van der Waals surface area contributed by atoms with E-state index in [9.17, 15) is 39.0 Å². The van der Waals surface area contributed by atoms with Gasteiger partial charge in [-0.15, -0.1) is 0 Å². The number of aliphatic hydroxyl groups is 2. The minimum absolute atomic E-state index is 0.117. The van der Waals surface area contributed by atoms with Crippen LogP contribution in [0.1, 0.15) is 290 Å². The summed E-state index contributed by atoms with van der Waals surface area (Å²) in [5.74, 6) is -2.99. The number of alkyl carbamates (subject to hydrolysis) is 1. The summed E-state index contributed by atoms with van der Waals surface area (Å²) in [5, 5.41) is 27.8. The number of unbranched alkanes of at least 4 members (excludes halogenated alkanes) is 28. The van der Waals surface area contributed by atoms with Gasteiger partial charge in [0.1, 0.15) is 43.7 Å². The lowest BCUT2D eigenvalue weighted by atomic mass is 9.89. The number of benzene rings is 1. The molecular weight excluding hydrogens is 1180 g/mol. The number of hydrogen-bond acceptors (Lipinski definition) is 14. The van der Waals surface area contributed by atoms with E-state index in [1.54, 1.807) is 24.3 Å². The molecule has 0 spiro atoms. The Kier molecular flexibility index (Phi) is 46.9. The topological polar surface area (TPSA) is 222 Å². The number of ether oxygens (including phenoxy) is 6. The van der Waals surface area contributed by atoms with Crippen molar-refractivity contribution >= 4 is 70.7 Å². The first-order valence-corrected chi connectivity index (χ1v) is 35.2. The van der Waals surface area contributed by atoms with Crippen molar-refractivity contribution < 1.29 is 67.4 Å². The first-order valence-electron chi connectivity index (χ1n) is 34.1. The lowest BCUT2D eigenvalue weighted by molar-refractivity contribution is -0.212. The van der Waals surface area contributed by atoms with Crippen LogP contribution >= 0.6 is 34.8 Å². The molecule has 0 aromatic heterocycles. The minimum atomic E-state index is -2.01. The Balaban J connectivity index is 2.43. The quantitative estimate of drug-likeness (QED) is 0.0206. The van der Waals surface area contributed by atoms with Crippen molar-refractivity contribution in [2.45, 2.75) is 344 Å². The largest absolute Gasteiger partial charge is 0.462 e. The van der Waals surface area contributed by atoms with Gasteiger partial charge in [0.05, 0.1) is 31.6 Å². The number of amides is 2. The lowest BCUT2D eigenvalue weighted by Gasteiger charge is -2.44. The average Bonchev–Trinajstić information content (AvgIpc) is 3.51. The molecule has 0 unspecified atom stereocenters. The van der Waals surface area contributed by atoms with Gasteiger partial charge in [-0.3, -0.25) is 19.2 Å². The van der Waals surface area contributed by atoms with Crippen molar-refractivity contribution in [2.24, 2.45) is 0 Å². The van der Waals surface area contributed by atoms with E-state index < -0.39 is 95.6 Å². The smallest absolute Gasteiger partial charge is 0.407 e. The van der Waals surface area contributed by atoms with Crippen LogP contribution in [0.4, 0.5) is 4.79 Å². The fourth-order valence-electron chi connectivity index (χ4n) is 11.0. The molecule has 1 aliphatic rings. The molecule has 4 N–H and O–H groups in total. The van der Waals surface area contributed by atoms with Crippen molar-refractivity contribution in [2.75, 3.05) is 13.2 Å². The zero-order valence-electron chi connectivity index (χ0n) is 53.8. The second kappa shape index (κ2) is 51.2. The summed E-state index contributed by atoms with van der Waals surface area (Å²) in [7, 11) is 0. The third-order valence-electron chi connectivity index (χ3n) is 16.1. The number of halogens is 3. The first-order chi connectivity index (χ1) is 42.0. The number of aliphatic hydroxyl groups excluding tert-OH is 2. The molecule has 0 bridgehead atoms. The molecule has 19 heteroatoms. The third kappa shape index (κ3) is 40.9. The summed E-state index contributed by atoms with van der Waals surface area (Å²) in [6.45, 7) is 7.18. The highest BCUT2D eigenvalue weighted by molar-refractivity contribution is 6.67. The highest BCUT2D eigenvalue weighted by atomic mass is 35.6. The fourth-order valence-corrected chi connectivity index (χ4v) is 11.2. The summed E-state index contributed by atoms with van der Waals surface area (Å²) >= 11 is 17.8. The van der Waals surface area contributed by atoms with Gasteiger partial charge in [0.15, 0.2) is 6.10 Å². The van der Waals surface area contributed by atoms with Crippen LogP contribution in [0.3, 0.4) is 0 Å². The number of carbonyl (C=O) groups excluding carboxylic acids is 6. The third-order valence-corrected chi connectivity index (χ3v) is 16.5. The Hall–Kier alpha value is -3.41. The van der Waals surface area contributed by atoms with Crippen molar-refractivity contribution in [3.05, 3.63) is 35.9 Å². The van der Waals surface area contributed by atoms with Crippen LogP contribution in [-0.4, -0.2) is 112 Å². The molecule has 502 valence electrons. The standard InChI is InChI=1S/C68H115Cl3N2O14/c1-5-9-13-17-21-23-27-29-36-42-54(84-60(76)44-38-31-25-19-15-11-7-3)48-59(75)72-56(66(80)82-51-53-40-34-33-35-41-53)46-47-57-63(73-67(81)83-52-68(69,70)71)65(64(79)58(50-74)86-57)87-62(78)49-55(43-37-30-28-24-22-18-14-10-6-2)85-61(77)45-39-32-26-20-16-12-8-4/h33-35,40-41,54-58,63-65,74,79H,5-32,36-39,42-52H2,1-4H3,(H,72,75)(H,73,81)/t54-,55-,56+,57+,58-,63+,64-,65-/m1/s1. The molecular formula is C68H115Cl3N2O14. The summed E-state index contributed by atoms with van der Waals surface area (Å²) < 4.78 is 33.3. The maximum Gasteiger partial charge on any atom is 0.407 e. The Morgan fingerprint density at radius 1 is 0.552 bits per heavy atom. The normalized spacial score (nSPS) is 17.8. The monoisotopic (exact) mass is 1290 g/mol. The van der Waals surface area contributed by atoms with E-state index in [0.717, 1.165) is 116 Å². The molecule has 0 radical (unpaired) electrons. The average molecular weight is 1290 g/mol. The number of alkyl halides is 3. The van der Waals surface area contributed by atoms with Crippen molar-refractivity contribution in [1.82, 2.24) is 10.6 Å². The Bertz CT molecular complexity index is 1950. The van der Waals surface area contributed by atoms with Crippen LogP contribution in [0.25, 0.3) is 0 Å². The Morgan fingerprint density at radius 3 is 1.44 bits per heavy atom. The SMILES string of the molecule is CCCCCCCCCCC[C@H](CC(=O)N[C@@H](CC[C@@H]1O[C@H](CO)[C@@H](O)[C@H](OC(=O)C[C@@H](CCCCCCCCCCC)OC(=O)CCCCCCCCC)[C@H]1NC(=O)OCC(Cl)(Cl)Cl)C(=O)OCc1ccccc1)OC(=O)CCCCCCCCC. The predicted octanol–water partition coefficient (Wildman–Crippen LogP) is 16.2. The van der Waals surface area contributed by atoms with Gasteiger partial charge >= 0.3 is 30.0 Å². The number of rotatable bonds is 53. The number of carbonyl (C=O) groups is 6. The van der Waals surface area contributed by atoms with E-state index in [0.29, 0.717) is 37.7 Å². The molecule has 1 aromatic carbocycles. The summed E-state index contributed by atoms with van der Waals surface area (Å²) in [4.78, 5) is 82.8. The van der Waals surface area contributed by atoms with Gasteiger partial charge in [0.2, 0.25) is 9.70 Å². The maximum absolute atomic E-state index is 14.2. The first kappa shape index (κ1) is 79.7. The van der Waals surface area contributed by atoms with Gasteiger partial charge < -0.3 is 49.3 Å². The molecule has 87 heavy (non-hydrogen) atoms. The highest BCUT2D eigenvalue weighted by Crippen LogP contribution is 2.30. The fraction of sp³-hybridized carbons (Fsp3) is 0.824. The van der Waals surface area contributed by atoms with Crippen molar-refractivity contribution in [3.8, 4) is 0 Å². The van der Waals surface area contributed by atoms with Gasteiger partial charge in [-0.1, -0.05) is 273 Å². The molecule has 8 atom stereocenters. The molecule has 1 aliphatic heterocycles. The Labute approximate surface area is 538 Å². The van der Waals surface area contributed by atoms with Gasteiger partial charge in [0.25, 0.3) is 0 Å². The predicted molar refractivity (Wildman–Crippen MR) is 346 cm³/mol. The maximum atomic E-state index is 14.2. The summed E-state index contributed by atoms with van der Waals surface area (Å²) in [5.41, 5.74) is 0.695. The molecule has 16 nitrogen and oxygen atoms in total. The van der Waals surface area contributed by atoms with Crippen LogP contribution in [0.15, 0.2) is 30.3 Å². The van der Waals surface area contributed by atoms with Crippen molar-refractivity contribution in [3.63, 3.8) is 0 Å².